The lowest BCUT2D eigenvalue weighted by Crippen LogP contribution is -2.31. The van der Waals surface area contributed by atoms with Gasteiger partial charge in [-0.25, -0.2) is 9.78 Å². The highest BCUT2D eigenvalue weighted by Crippen LogP contribution is 2.18. The number of nitrogens with zero attached hydrogens (tertiary/aromatic N) is 3. The maximum atomic E-state index is 12.3. The Hall–Kier alpha value is -3.87. The molecular formula is C22H21N5O2. The first-order valence-corrected chi connectivity index (χ1v) is 9.38. The van der Waals surface area contributed by atoms with Gasteiger partial charge in [-0.05, 0) is 29.8 Å². The summed E-state index contributed by atoms with van der Waals surface area (Å²) in [5.41, 5.74) is 3.46. The van der Waals surface area contributed by atoms with Crippen LogP contribution in [-0.4, -0.2) is 27.3 Å². The Morgan fingerprint density at radius 3 is 2.69 bits per heavy atom. The van der Waals surface area contributed by atoms with Gasteiger partial charge >= 0.3 is 6.03 Å². The quantitative estimate of drug-likeness (QED) is 0.503. The third kappa shape index (κ3) is 4.90. The zero-order valence-corrected chi connectivity index (χ0v) is 15.8. The monoisotopic (exact) mass is 387 g/mol. The van der Waals surface area contributed by atoms with Crippen LogP contribution in [0, 0.1) is 0 Å². The highest BCUT2D eigenvalue weighted by Gasteiger charge is 2.09. The zero-order valence-electron chi connectivity index (χ0n) is 15.8. The van der Waals surface area contributed by atoms with Gasteiger partial charge in [0.1, 0.15) is 6.26 Å². The van der Waals surface area contributed by atoms with Crippen molar-refractivity contribution in [1.82, 2.24) is 20.1 Å². The second-order valence-electron chi connectivity index (χ2n) is 6.50. The first-order valence-electron chi connectivity index (χ1n) is 9.38. The highest BCUT2D eigenvalue weighted by atomic mass is 16.3. The number of anilines is 1. The highest BCUT2D eigenvalue weighted by molar-refractivity contribution is 5.90. The van der Waals surface area contributed by atoms with E-state index in [1.807, 2.05) is 71.5 Å². The predicted octanol–water partition coefficient (Wildman–Crippen LogP) is 3.95. The van der Waals surface area contributed by atoms with Gasteiger partial charge in [0.15, 0.2) is 0 Å². The Balaban J connectivity index is 1.29. The smallest absolute Gasteiger partial charge is 0.319 e. The molecule has 0 fully saturated rings. The van der Waals surface area contributed by atoms with Crippen molar-refractivity contribution >= 4 is 11.7 Å². The molecule has 0 saturated carbocycles. The molecule has 0 bridgehead atoms. The summed E-state index contributed by atoms with van der Waals surface area (Å²) in [5, 5.41) is 9.98. The van der Waals surface area contributed by atoms with Crippen LogP contribution < -0.4 is 10.6 Å². The minimum atomic E-state index is -0.260. The Morgan fingerprint density at radius 2 is 1.86 bits per heavy atom. The molecule has 2 aromatic carbocycles. The lowest BCUT2D eigenvalue weighted by Gasteiger charge is -2.12. The minimum absolute atomic E-state index is 0.260. The van der Waals surface area contributed by atoms with Crippen molar-refractivity contribution in [2.45, 2.75) is 13.0 Å². The second-order valence-corrected chi connectivity index (χ2v) is 6.50. The van der Waals surface area contributed by atoms with Crippen molar-refractivity contribution in [3.63, 3.8) is 0 Å². The van der Waals surface area contributed by atoms with E-state index in [1.165, 1.54) is 0 Å². The number of aromatic nitrogens is 3. The largest absolute Gasteiger partial charge is 0.444 e. The number of oxazole rings is 1. The molecule has 0 atom stereocenters. The molecule has 4 rings (SSSR count). The van der Waals surface area contributed by atoms with Gasteiger partial charge in [-0.15, -0.1) is 0 Å². The SMILES string of the molecule is O=C(NCCc1coc(-c2ccccc2)n1)Nc1ccccc1Cn1cccn1. The van der Waals surface area contributed by atoms with Gasteiger partial charge in [0, 0.05) is 36.6 Å². The third-order valence-corrected chi connectivity index (χ3v) is 4.40. The molecule has 0 radical (unpaired) electrons. The second kappa shape index (κ2) is 8.88. The number of para-hydroxylation sites is 1. The molecule has 2 heterocycles. The molecule has 0 saturated heterocycles. The average molecular weight is 387 g/mol. The van der Waals surface area contributed by atoms with Crippen molar-refractivity contribution in [3.05, 3.63) is 90.6 Å². The first-order chi connectivity index (χ1) is 14.3. The number of rotatable bonds is 7. The van der Waals surface area contributed by atoms with Gasteiger partial charge in [-0.2, -0.15) is 5.10 Å². The van der Waals surface area contributed by atoms with Crippen LogP contribution in [0.2, 0.25) is 0 Å². The summed E-state index contributed by atoms with van der Waals surface area (Å²) in [6.45, 7) is 1.04. The molecule has 0 unspecified atom stereocenters. The summed E-state index contributed by atoms with van der Waals surface area (Å²) >= 11 is 0. The molecule has 2 amide bonds. The van der Waals surface area contributed by atoms with Gasteiger partial charge in [0.05, 0.1) is 12.2 Å². The number of urea groups is 1. The van der Waals surface area contributed by atoms with E-state index in [9.17, 15) is 4.79 Å². The Bertz CT molecular complexity index is 1060. The molecule has 2 N–H and O–H groups in total. The van der Waals surface area contributed by atoms with Gasteiger partial charge in [0.25, 0.3) is 0 Å². The molecule has 146 valence electrons. The van der Waals surface area contributed by atoms with E-state index in [4.69, 9.17) is 4.42 Å². The molecule has 0 aliphatic rings. The number of carbonyl (C=O) groups excluding carboxylic acids is 1. The predicted molar refractivity (Wildman–Crippen MR) is 110 cm³/mol. The van der Waals surface area contributed by atoms with E-state index in [1.54, 1.807) is 12.5 Å². The van der Waals surface area contributed by atoms with E-state index >= 15 is 0 Å². The van der Waals surface area contributed by atoms with E-state index in [0.717, 1.165) is 22.5 Å². The van der Waals surface area contributed by atoms with E-state index in [2.05, 4.69) is 20.7 Å². The van der Waals surface area contributed by atoms with Crippen molar-refractivity contribution in [2.24, 2.45) is 0 Å². The Morgan fingerprint density at radius 1 is 1.03 bits per heavy atom. The molecule has 0 spiro atoms. The molecule has 0 aliphatic heterocycles. The van der Waals surface area contributed by atoms with E-state index < -0.39 is 0 Å². The summed E-state index contributed by atoms with van der Waals surface area (Å²) < 4.78 is 7.33. The number of nitrogens with one attached hydrogen (secondary N) is 2. The molecule has 7 nitrogen and oxygen atoms in total. The van der Waals surface area contributed by atoms with Gasteiger partial charge in [-0.3, -0.25) is 4.68 Å². The van der Waals surface area contributed by atoms with Crippen LogP contribution in [0.5, 0.6) is 0 Å². The summed E-state index contributed by atoms with van der Waals surface area (Å²) in [6, 6.07) is 19.0. The van der Waals surface area contributed by atoms with Crippen LogP contribution in [0.15, 0.2) is 83.7 Å². The molecule has 4 aromatic rings. The van der Waals surface area contributed by atoms with Crippen LogP contribution in [0.3, 0.4) is 0 Å². The third-order valence-electron chi connectivity index (χ3n) is 4.40. The lowest BCUT2D eigenvalue weighted by atomic mass is 10.2. The molecule has 29 heavy (non-hydrogen) atoms. The standard InChI is InChI=1S/C22H21N5O2/c28-22(26-20-10-5-4-9-18(20)15-27-14-6-12-24-27)23-13-11-19-16-29-21(25-19)17-7-2-1-3-8-17/h1-10,12,14,16H,11,13,15H2,(H2,23,26,28). The topological polar surface area (TPSA) is 85.0 Å². The number of benzene rings is 2. The number of carbonyl (C=O) groups is 1. The Labute approximate surface area is 168 Å². The first kappa shape index (κ1) is 18.5. The summed E-state index contributed by atoms with van der Waals surface area (Å²) in [5.74, 6) is 0.581. The van der Waals surface area contributed by atoms with Crippen LogP contribution in [-0.2, 0) is 13.0 Å². The Kier molecular flexibility index (Phi) is 5.66. The van der Waals surface area contributed by atoms with Crippen molar-refractivity contribution in [2.75, 3.05) is 11.9 Å². The van der Waals surface area contributed by atoms with Crippen LogP contribution in [0.4, 0.5) is 10.5 Å². The lowest BCUT2D eigenvalue weighted by molar-refractivity contribution is 0.252. The maximum absolute atomic E-state index is 12.3. The summed E-state index contributed by atoms with van der Waals surface area (Å²) in [6.07, 6.45) is 5.83. The average Bonchev–Trinajstić information content (AvgIpc) is 3.42. The van der Waals surface area contributed by atoms with Gasteiger partial charge < -0.3 is 15.1 Å². The minimum Gasteiger partial charge on any atom is -0.444 e. The normalized spacial score (nSPS) is 10.6. The van der Waals surface area contributed by atoms with Crippen LogP contribution >= 0.6 is 0 Å². The fourth-order valence-corrected chi connectivity index (χ4v) is 2.95. The van der Waals surface area contributed by atoms with E-state index in [0.29, 0.717) is 25.4 Å². The van der Waals surface area contributed by atoms with Crippen LogP contribution in [0.1, 0.15) is 11.3 Å². The van der Waals surface area contributed by atoms with Gasteiger partial charge in [-0.1, -0.05) is 36.4 Å². The number of hydrogen-bond donors (Lipinski definition) is 2. The fraction of sp³-hybridized carbons (Fsp3) is 0.136. The fourth-order valence-electron chi connectivity index (χ4n) is 2.95. The van der Waals surface area contributed by atoms with Crippen molar-refractivity contribution < 1.29 is 9.21 Å². The molecule has 0 aliphatic carbocycles. The van der Waals surface area contributed by atoms with Crippen LogP contribution in [0.25, 0.3) is 11.5 Å². The van der Waals surface area contributed by atoms with Gasteiger partial charge in [0.2, 0.25) is 5.89 Å². The zero-order chi connectivity index (χ0) is 19.9. The van der Waals surface area contributed by atoms with E-state index in [-0.39, 0.29) is 6.03 Å². The number of hydrogen-bond acceptors (Lipinski definition) is 4. The van der Waals surface area contributed by atoms with Crippen molar-refractivity contribution in [1.29, 1.82) is 0 Å². The molecular weight excluding hydrogens is 366 g/mol. The van der Waals surface area contributed by atoms with Crippen molar-refractivity contribution in [3.8, 4) is 11.5 Å². The summed E-state index contributed by atoms with van der Waals surface area (Å²) in [4.78, 5) is 16.8. The summed E-state index contributed by atoms with van der Waals surface area (Å²) in [7, 11) is 0. The number of amides is 2. The molecule has 2 aromatic heterocycles. The molecule has 7 heteroatoms. The maximum Gasteiger partial charge on any atom is 0.319 e.